The van der Waals surface area contributed by atoms with Gasteiger partial charge in [0.1, 0.15) is 29.9 Å². The van der Waals surface area contributed by atoms with E-state index < -0.39 is 0 Å². The van der Waals surface area contributed by atoms with Gasteiger partial charge in [0.15, 0.2) is 5.82 Å². The molecule has 1 aromatic heterocycles. The fourth-order valence-corrected chi connectivity index (χ4v) is 3.64. The van der Waals surface area contributed by atoms with Gasteiger partial charge in [-0.25, -0.2) is 9.37 Å². The van der Waals surface area contributed by atoms with Crippen molar-refractivity contribution >= 4 is 23.4 Å². The summed E-state index contributed by atoms with van der Waals surface area (Å²) < 4.78 is 18.8. The Kier molecular flexibility index (Phi) is 7.16. The summed E-state index contributed by atoms with van der Waals surface area (Å²) in [6.07, 6.45) is 0. The quantitative estimate of drug-likeness (QED) is 0.593. The van der Waals surface area contributed by atoms with Crippen molar-refractivity contribution in [3.63, 3.8) is 0 Å². The second kappa shape index (κ2) is 9.85. The molecule has 1 aliphatic rings. The van der Waals surface area contributed by atoms with Gasteiger partial charge in [-0.2, -0.15) is 4.98 Å². The van der Waals surface area contributed by atoms with Crippen LogP contribution < -0.4 is 19.9 Å². The van der Waals surface area contributed by atoms with Crippen LogP contribution in [0.2, 0.25) is 0 Å². The van der Waals surface area contributed by atoms with Crippen molar-refractivity contribution in [2.45, 2.75) is 40.5 Å². The standard InChI is InChI=1S/C24H26FN5O2.CH4/c1-15-21-22(29(3)16(2)23(31)30(21)4)28-24(27-15)26-13-17-7-11-20(12-8-17)32-14-18-5-9-19(25)10-6-18;/h5-12,16H,13-14H2,1-4H3,(H,26,27,28);1H4/t16-;/m0./s1. The van der Waals surface area contributed by atoms with E-state index in [1.807, 2.05) is 50.1 Å². The summed E-state index contributed by atoms with van der Waals surface area (Å²) in [7, 11) is 3.63. The second-order valence-corrected chi connectivity index (χ2v) is 7.90. The maximum Gasteiger partial charge on any atom is 0.249 e. The molecule has 1 N–H and O–H groups in total. The summed E-state index contributed by atoms with van der Waals surface area (Å²) >= 11 is 0. The topological polar surface area (TPSA) is 70.6 Å². The molecule has 2 heterocycles. The molecule has 3 aromatic rings. The highest BCUT2D eigenvalue weighted by atomic mass is 19.1. The van der Waals surface area contributed by atoms with E-state index >= 15 is 0 Å². The van der Waals surface area contributed by atoms with Crippen LogP contribution in [0.25, 0.3) is 0 Å². The van der Waals surface area contributed by atoms with E-state index in [0.717, 1.165) is 34.1 Å². The maximum atomic E-state index is 13.0. The van der Waals surface area contributed by atoms with Crippen LogP contribution in [-0.4, -0.2) is 36.0 Å². The number of fused-ring (bicyclic) bond motifs is 1. The number of rotatable bonds is 6. The molecular formula is C25H30FN5O2. The third-order valence-electron chi connectivity index (χ3n) is 5.67. The lowest BCUT2D eigenvalue weighted by atomic mass is 10.1. The van der Waals surface area contributed by atoms with Gasteiger partial charge in [-0.1, -0.05) is 31.7 Å². The number of hydrogen-bond donors (Lipinski definition) is 1. The highest BCUT2D eigenvalue weighted by Gasteiger charge is 2.34. The van der Waals surface area contributed by atoms with Crippen molar-refractivity contribution in [1.29, 1.82) is 0 Å². The molecule has 0 unspecified atom stereocenters. The van der Waals surface area contributed by atoms with Gasteiger partial charge in [-0.15, -0.1) is 0 Å². The Balaban J connectivity index is 0.00000306. The largest absolute Gasteiger partial charge is 0.489 e. The number of amides is 1. The van der Waals surface area contributed by atoms with E-state index in [4.69, 9.17) is 4.74 Å². The van der Waals surface area contributed by atoms with Crippen molar-refractivity contribution in [3.05, 3.63) is 71.2 Å². The SMILES string of the molecule is C.Cc1nc(NCc2ccc(OCc3ccc(F)cc3)cc2)nc2c1N(C)C(=O)[C@H](C)N2C. The first kappa shape index (κ1) is 24.0. The fraction of sp³-hybridized carbons (Fsp3) is 0.320. The first-order chi connectivity index (χ1) is 15.3. The van der Waals surface area contributed by atoms with E-state index in [0.29, 0.717) is 19.1 Å². The number of nitrogens with one attached hydrogen (secondary N) is 1. The lowest BCUT2D eigenvalue weighted by Crippen LogP contribution is -2.49. The molecule has 0 saturated carbocycles. The number of carbonyl (C=O) groups is 1. The third kappa shape index (κ3) is 5.05. The Labute approximate surface area is 194 Å². The third-order valence-corrected chi connectivity index (χ3v) is 5.67. The molecule has 1 atom stereocenters. The van der Waals surface area contributed by atoms with Gasteiger partial charge in [0.25, 0.3) is 0 Å². The number of ether oxygens (including phenoxy) is 1. The molecular weight excluding hydrogens is 421 g/mol. The molecule has 0 aliphatic carbocycles. The van der Waals surface area contributed by atoms with Crippen LogP contribution >= 0.6 is 0 Å². The highest BCUT2D eigenvalue weighted by molar-refractivity contribution is 6.04. The van der Waals surface area contributed by atoms with Crippen LogP contribution in [0.1, 0.15) is 31.2 Å². The average molecular weight is 452 g/mol. The van der Waals surface area contributed by atoms with E-state index in [1.54, 1.807) is 24.1 Å². The molecule has 33 heavy (non-hydrogen) atoms. The van der Waals surface area contributed by atoms with Gasteiger partial charge in [0, 0.05) is 20.6 Å². The van der Waals surface area contributed by atoms with Gasteiger partial charge < -0.3 is 19.9 Å². The summed E-state index contributed by atoms with van der Waals surface area (Å²) in [4.78, 5) is 25.1. The zero-order valence-corrected chi connectivity index (χ0v) is 18.6. The molecule has 0 fully saturated rings. The summed E-state index contributed by atoms with van der Waals surface area (Å²) in [6, 6.07) is 13.7. The zero-order chi connectivity index (χ0) is 22.8. The molecule has 1 amide bonds. The van der Waals surface area contributed by atoms with E-state index in [1.165, 1.54) is 12.1 Å². The molecule has 2 aromatic carbocycles. The number of aromatic nitrogens is 2. The van der Waals surface area contributed by atoms with Gasteiger partial charge >= 0.3 is 0 Å². The van der Waals surface area contributed by atoms with E-state index in [2.05, 4.69) is 15.3 Å². The van der Waals surface area contributed by atoms with Crippen molar-refractivity contribution < 1.29 is 13.9 Å². The molecule has 0 saturated heterocycles. The Morgan fingerprint density at radius 2 is 1.67 bits per heavy atom. The van der Waals surface area contributed by atoms with Crippen LogP contribution in [0, 0.1) is 12.7 Å². The Morgan fingerprint density at radius 1 is 1.03 bits per heavy atom. The summed E-state index contributed by atoms with van der Waals surface area (Å²) in [6.45, 7) is 4.67. The van der Waals surface area contributed by atoms with Crippen molar-refractivity contribution in [3.8, 4) is 5.75 Å². The van der Waals surface area contributed by atoms with Crippen LogP contribution in [0.3, 0.4) is 0 Å². The number of hydrogen-bond acceptors (Lipinski definition) is 6. The predicted molar refractivity (Wildman–Crippen MR) is 129 cm³/mol. The van der Waals surface area contributed by atoms with Crippen LogP contribution in [0.4, 0.5) is 21.8 Å². The molecule has 7 nitrogen and oxygen atoms in total. The number of halogens is 1. The van der Waals surface area contributed by atoms with Crippen LogP contribution in [-0.2, 0) is 17.9 Å². The van der Waals surface area contributed by atoms with Gasteiger partial charge in [-0.3, -0.25) is 4.79 Å². The minimum atomic E-state index is -0.280. The minimum Gasteiger partial charge on any atom is -0.489 e. The lowest BCUT2D eigenvalue weighted by molar-refractivity contribution is -0.119. The van der Waals surface area contributed by atoms with Gasteiger partial charge in [0.05, 0.1) is 5.69 Å². The van der Waals surface area contributed by atoms with E-state index in [9.17, 15) is 9.18 Å². The summed E-state index contributed by atoms with van der Waals surface area (Å²) in [5, 5.41) is 3.27. The molecule has 8 heteroatoms. The fourth-order valence-electron chi connectivity index (χ4n) is 3.64. The minimum absolute atomic E-state index is 0. The Hall–Kier alpha value is -3.68. The molecule has 4 rings (SSSR count). The second-order valence-electron chi connectivity index (χ2n) is 7.90. The van der Waals surface area contributed by atoms with E-state index in [-0.39, 0.29) is 25.2 Å². The summed E-state index contributed by atoms with van der Waals surface area (Å²) in [5.74, 6) is 1.75. The number of likely N-dealkylation sites (N-methyl/N-ethyl adjacent to an activating group) is 2. The van der Waals surface area contributed by atoms with Crippen molar-refractivity contribution in [2.24, 2.45) is 0 Å². The van der Waals surface area contributed by atoms with Crippen LogP contribution in [0.5, 0.6) is 5.75 Å². The number of aryl methyl sites for hydroxylation is 1. The van der Waals surface area contributed by atoms with Crippen molar-refractivity contribution in [2.75, 3.05) is 29.2 Å². The monoisotopic (exact) mass is 451 g/mol. The molecule has 1 aliphatic heterocycles. The van der Waals surface area contributed by atoms with Crippen molar-refractivity contribution in [1.82, 2.24) is 9.97 Å². The maximum absolute atomic E-state index is 13.0. The smallest absolute Gasteiger partial charge is 0.249 e. The first-order valence-electron chi connectivity index (χ1n) is 10.4. The zero-order valence-electron chi connectivity index (χ0n) is 18.6. The number of nitrogens with zero attached hydrogens (tertiary/aromatic N) is 4. The van der Waals surface area contributed by atoms with Gasteiger partial charge in [-0.05, 0) is 49.2 Å². The summed E-state index contributed by atoms with van der Waals surface area (Å²) in [5.41, 5.74) is 3.44. The molecule has 0 bridgehead atoms. The Morgan fingerprint density at radius 3 is 2.33 bits per heavy atom. The normalized spacial score (nSPS) is 15.1. The molecule has 0 spiro atoms. The average Bonchev–Trinajstić information content (AvgIpc) is 2.80. The number of carbonyl (C=O) groups excluding carboxylic acids is 1. The lowest BCUT2D eigenvalue weighted by Gasteiger charge is -2.37. The number of anilines is 3. The first-order valence-corrected chi connectivity index (χ1v) is 10.4. The molecule has 174 valence electrons. The Bertz CT molecular complexity index is 1120. The van der Waals surface area contributed by atoms with Gasteiger partial charge in [0.2, 0.25) is 11.9 Å². The highest BCUT2D eigenvalue weighted by Crippen LogP contribution is 2.35. The van der Waals surface area contributed by atoms with Crippen LogP contribution in [0.15, 0.2) is 48.5 Å². The number of benzene rings is 2. The molecule has 0 radical (unpaired) electrons. The predicted octanol–water partition coefficient (Wildman–Crippen LogP) is 4.55.